The number of hydrogen-bond acceptors (Lipinski definition) is 5. The van der Waals surface area contributed by atoms with Crippen LogP contribution in [0.4, 0.5) is 0 Å². The minimum atomic E-state index is -3.16. The number of rotatable bonds is 7. The van der Waals surface area contributed by atoms with Gasteiger partial charge in [-0.3, -0.25) is 4.79 Å². The van der Waals surface area contributed by atoms with Gasteiger partial charge in [-0.2, -0.15) is 0 Å². The van der Waals surface area contributed by atoms with Gasteiger partial charge in [0.2, 0.25) is 0 Å². The third-order valence-electron chi connectivity index (χ3n) is 5.17. The minimum absolute atomic E-state index is 0.0497. The summed E-state index contributed by atoms with van der Waals surface area (Å²) in [5.41, 5.74) is 0.826. The summed E-state index contributed by atoms with van der Waals surface area (Å²) in [6.07, 6.45) is 0.404. The van der Waals surface area contributed by atoms with Gasteiger partial charge < -0.3 is 14.1 Å². The van der Waals surface area contributed by atoms with E-state index in [0.717, 1.165) is 5.56 Å². The standard InChI is InChI=1S/C23H22ClNO5S/c24-18-6-4-5-17(13-18)22-10-9-21(30-22)14-25(19-11-12-31(27,28)16-19)23(26)15-29-20-7-2-1-3-8-20/h1-10,13,19H,11-12,14-16H2/t19-/m0/s1. The largest absolute Gasteiger partial charge is 0.484 e. The van der Waals surface area contributed by atoms with Gasteiger partial charge in [-0.1, -0.05) is 41.9 Å². The number of halogens is 1. The predicted molar refractivity (Wildman–Crippen MR) is 119 cm³/mol. The van der Waals surface area contributed by atoms with Crippen molar-refractivity contribution in [3.05, 3.63) is 77.5 Å². The number of carbonyl (C=O) groups is 1. The molecule has 1 amide bonds. The Morgan fingerprint density at radius 2 is 1.90 bits per heavy atom. The van der Waals surface area contributed by atoms with Gasteiger partial charge in [0.1, 0.15) is 17.3 Å². The average Bonchev–Trinajstić information content (AvgIpc) is 3.37. The molecule has 0 aliphatic carbocycles. The second-order valence-electron chi connectivity index (χ2n) is 7.46. The van der Waals surface area contributed by atoms with Crippen molar-refractivity contribution in [3.63, 3.8) is 0 Å². The van der Waals surface area contributed by atoms with E-state index in [1.165, 1.54) is 0 Å². The lowest BCUT2D eigenvalue weighted by Crippen LogP contribution is -2.43. The van der Waals surface area contributed by atoms with Crippen molar-refractivity contribution in [1.29, 1.82) is 0 Å². The Labute approximate surface area is 186 Å². The average molecular weight is 460 g/mol. The van der Waals surface area contributed by atoms with Gasteiger partial charge in [0.15, 0.2) is 16.4 Å². The lowest BCUT2D eigenvalue weighted by Gasteiger charge is -2.27. The van der Waals surface area contributed by atoms with E-state index in [-0.39, 0.29) is 30.6 Å². The fraction of sp³-hybridized carbons (Fsp3) is 0.261. The molecule has 2 aromatic carbocycles. The van der Waals surface area contributed by atoms with Crippen LogP contribution >= 0.6 is 11.6 Å². The number of carbonyl (C=O) groups excluding carboxylic acids is 1. The molecule has 3 aromatic rings. The van der Waals surface area contributed by atoms with E-state index in [1.54, 1.807) is 35.2 Å². The quantitative estimate of drug-likeness (QED) is 0.529. The number of benzene rings is 2. The van der Waals surface area contributed by atoms with E-state index >= 15 is 0 Å². The summed E-state index contributed by atoms with van der Waals surface area (Å²) in [7, 11) is -3.16. The lowest BCUT2D eigenvalue weighted by atomic mass is 10.2. The van der Waals surface area contributed by atoms with Crippen molar-refractivity contribution in [2.75, 3.05) is 18.1 Å². The maximum Gasteiger partial charge on any atom is 0.261 e. The van der Waals surface area contributed by atoms with E-state index < -0.39 is 15.9 Å². The molecule has 0 bridgehead atoms. The summed E-state index contributed by atoms with van der Waals surface area (Å²) in [5, 5.41) is 0.599. The second kappa shape index (κ2) is 9.16. The zero-order chi connectivity index (χ0) is 21.8. The summed E-state index contributed by atoms with van der Waals surface area (Å²) in [5.74, 6) is 1.51. The van der Waals surface area contributed by atoms with Crippen LogP contribution in [-0.2, 0) is 21.2 Å². The van der Waals surface area contributed by atoms with E-state index in [2.05, 4.69) is 0 Å². The highest BCUT2D eigenvalue weighted by Gasteiger charge is 2.35. The topological polar surface area (TPSA) is 76.8 Å². The predicted octanol–water partition coefficient (Wildman–Crippen LogP) is 4.19. The summed E-state index contributed by atoms with van der Waals surface area (Å²) >= 11 is 6.06. The van der Waals surface area contributed by atoms with Crippen LogP contribution in [0, 0.1) is 0 Å². The third-order valence-corrected chi connectivity index (χ3v) is 7.16. The molecular weight excluding hydrogens is 438 g/mol. The van der Waals surface area contributed by atoms with Gasteiger partial charge in [-0.25, -0.2) is 8.42 Å². The number of para-hydroxylation sites is 1. The number of ether oxygens (including phenoxy) is 1. The van der Waals surface area contributed by atoms with Crippen molar-refractivity contribution >= 4 is 27.3 Å². The van der Waals surface area contributed by atoms with Crippen molar-refractivity contribution < 1.29 is 22.4 Å². The number of sulfone groups is 1. The van der Waals surface area contributed by atoms with E-state index in [1.807, 2.05) is 36.4 Å². The monoisotopic (exact) mass is 459 g/mol. The summed E-state index contributed by atoms with van der Waals surface area (Å²) in [6.45, 7) is -0.0137. The Kier molecular flexibility index (Phi) is 6.34. The van der Waals surface area contributed by atoms with Gasteiger partial charge in [-0.15, -0.1) is 0 Å². The van der Waals surface area contributed by atoms with Crippen LogP contribution < -0.4 is 4.74 Å². The molecule has 4 rings (SSSR count). The molecule has 31 heavy (non-hydrogen) atoms. The minimum Gasteiger partial charge on any atom is -0.484 e. The first-order valence-corrected chi connectivity index (χ1v) is 12.1. The van der Waals surface area contributed by atoms with E-state index in [0.29, 0.717) is 28.7 Å². The maximum absolute atomic E-state index is 13.0. The van der Waals surface area contributed by atoms with Crippen LogP contribution in [-0.4, -0.2) is 43.4 Å². The Morgan fingerprint density at radius 1 is 1.10 bits per heavy atom. The smallest absolute Gasteiger partial charge is 0.261 e. The fourth-order valence-corrected chi connectivity index (χ4v) is 5.54. The molecule has 1 atom stereocenters. The molecule has 162 valence electrons. The number of amides is 1. The maximum atomic E-state index is 13.0. The van der Waals surface area contributed by atoms with Crippen LogP contribution in [0.5, 0.6) is 5.75 Å². The van der Waals surface area contributed by atoms with Gasteiger partial charge in [0.05, 0.1) is 18.1 Å². The third kappa shape index (κ3) is 5.48. The van der Waals surface area contributed by atoms with Crippen LogP contribution in [0.15, 0.2) is 71.1 Å². The zero-order valence-electron chi connectivity index (χ0n) is 16.7. The van der Waals surface area contributed by atoms with E-state index in [9.17, 15) is 13.2 Å². The Balaban J connectivity index is 1.51. The molecule has 8 heteroatoms. The molecule has 0 saturated carbocycles. The summed E-state index contributed by atoms with van der Waals surface area (Å²) in [6, 6.07) is 19.5. The van der Waals surface area contributed by atoms with Gasteiger partial charge in [0.25, 0.3) is 5.91 Å². The molecule has 1 aromatic heterocycles. The number of furan rings is 1. The first kappa shape index (κ1) is 21.5. The lowest BCUT2D eigenvalue weighted by molar-refractivity contribution is -0.136. The summed E-state index contributed by atoms with van der Waals surface area (Å²) < 4.78 is 35.6. The SMILES string of the molecule is O=C(COc1ccccc1)N(Cc1ccc(-c2cccc(Cl)c2)o1)[C@H]1CCS(=O)(=O)C1. The molecular formula is C23H22ClNO5S. The van der Waals surface area contributed by atoms with Gasteiger partial charge in [-0.05, 0) is 42.8 Å². The van der Waals surface area contributed by atoms with Crippen molar-refractivity contribution in [2.45, 2.75) is 19.0 Å². The molecule has 6 nitrogen and oxygen atoms in total. The van der Waals surface area contributed by atoms with Gasteiger partial charge >= 0.3 is 0 Å². The fourth-order valence-electron chi connectivity index (χ4n) is 3.61. The van der Waals surface area contributed by atoms with Crippen LogP contribution in [0.25, 0.3) is 11.3 Å². The molecule has 0 radical (unpaired) electrons. The Bertz CT molecular complexity index is 1160. The first-order valence-electron chi connectivity index (χ1n) is 9.92. The highest BCUT2D eigenvalue weighted by Crippen LogP contribution is 2.27. The van der Waals surface area contributed by atoms with Crippen LogP contribution in [0.1, 0.15) is 12.2 Å². The molecule has 2 heterocycles. The van der Waals surface area contributed by atoms with Crippen LogP contribution in [0.2, 0.25) is 5.02 Å². The molecule has 1 fully saturated rings. The zero-order valence-corrected chi connectivity index (χ0v) is 18.3. The highest BCUT2D eigenvalue weighted by atomic mass is 35.5. The normalized spacial score (nSPS) is 17.4. The second-order valence-corrected chi connectivity index (χ2v) is 10.1. The molecule has 0 unspecified atom stereocenters. The van der Waals surface area contributed by atoms with Crippen molar-refractivity contribution in [2.24, 2.45) is 0 Å². The molecule has 1 saturated heterocycles. The Morgan fingerprint density at radius 3 is 2.61 bits per heavy atom. The molecule has 0 spiro atoms. The summed E-state index contributed by atoms with van der Waals surface area (Å²) in [4.78, 5) is 14.5. The number of hydrogen-bond donors (Lipinski definition) is 0. The molecule has 0 N–H and O–H groups in total. The molecule has 1 aliphatic rings. The van der Waals surface area contributed by atoms with Crippen LogP contribution in [0.3, 0.4) is 0 Å². The highest BCUT2D eigenvalue weighted by molar-refractivity contribution is 7.91. The first-order chi connectivity index (χ1) is 14.9. The van der Waals surface area contributed by atoms with Crippen molar-refractivity contribution in [1.82, 2.24) is 4.90 Å². The van der Waals surface area contributed by atoms with Gasteiger partial charge in [0, 0.05) is 16.6 Å². The Hall–Kier alpha value is -2.77. The molecule has 1 aliphatic heterocycles. The van der Waals surface area contributed by atoms with Crippen molar-refractivity contribution in [3.8, 4) is 17.1 Å². The van der Waals surface area contributed by atoms with E-state index in [4.69, 9.17) is 20.8 Å². The number of nitrogens with zero attached hydrogens (tertiary/aromatic N) is 1.